The summed E-state index contributed by atoms with van der Waals surface area (Å²) in [6, 6.07) is 0.598. The Balaban J connectivity index is 1.76. The van der Waals surface area contributed by atoms with Gasteiger partial charge >= 0.3 is 0 Å². The van der Waals surface area contributed by atoms with Crippen LogP contribution in [0.25, 0.3) is 0 Å². The zero-order valence-corrected chi connectivity index (χ0v) is 13.7. The van der Waals surface area contributed by atoms with Crippen LogP contribution in [0.3, 0.4) is 0 Å². The van der Waals surface area contributed by atoms with Crippen molar-refractivity contribution in [3.05, 3.63) is 11.6 Å². The molecule has 0 aromatic rings. The monoisotopic (exact) mass is 293 g/mol. The fraction of sp³-hybridized carbons (Fsp3) is 0.824. The minimum Gasteiger partial charge on any atom is -0.377 e. The molecule has 1 fully saturated rings. The summed E-state index contributed by atoms with van der Waals surface area (Å²) in [5, 5.41) is 6.98. The van der Waals surface area contributed by atoms with Crippen molar-refractivity contribution in [2.24, 2.45) is 10.9 Å². The number of ether oxygens (including phenoxy) is 1. The number of hydrogen-bond acceptors (Lipinski definition) is 2. The molecule has 1 aliphatic carbocycles. The summed E-state index contributed by atoms with van der Waals surface area (Å²) in [5.74, 6) is 1.88. The lowest BCUT2D eigenvalue weighted by atomic mass is 9.87. The third-order valence-electron chi connectivity index (χ3n) is 4.46. The summed E-state index contributed by atoms with van der Waals surface area (Å²) in [7, 11) is 0. The first-order valence-corrected chi connectivity index (χ1v) is 8.58. The molecule has 0 unspecified atom stereocenters. The number of nitrogens with zero attached hydrogens (tertiary/aromatic N) is 1. The van der Waals surface area contributed by atoms with Crippen LogP contribution in [0.15, 0.2) is 16.6 Å². The average Bonchev–Trinajstić information content (AvgIpc) is 2.51. The fourth-order valence-corrected chi connectivity index (χ4v) is 3.02. The van der Waals surface area contributed by atoms with E-state index in [9.17, 15) is 0 Å². The highest BCUT2D eigenvalue weighted by molar-refractivity contribution is 5.80. The van der Waals surface area contributed by atoms with Gasteiger partial charge in [-0.1, -0.05) is 18.6 Å². The van der Waals surface area contributed by atoms with Crippen molar-refractivity contribution in [2.75, 3.05) is 26.3 Å². The van der Waals surface area contributed by atoms with Gasteiger partial charge in [0.2, 0.25) is 0 Å². The quantitative estimate of drug-likeness (QED) is 0.465. The van der Waals surface area contributed by atoms with Crippen LogP contribution in [0.2, 0.25) is 0 Å². The smallest absolute Gasteiger partial charge is 0.191 e. The molecule has 0 spiro atoms. The molecular formula is C17H31N3O. The minimum absolute atomic E-state index is 0.598. The lowest BCUT2D eigenvalue weighted by Crippen LogP contribution is -2.44. The molecule has 0 saturated heterocycles. The maximum absolute atomic E-state index is 5.34. The van der Waals surface area contributed by atoms with Gasteiger partial charge in [-0.2, -0.15) is 0 Å². The highest BCUT2D eigenvalue weighted by atomic mass is 16.5. The summed E-state index contributed by atoms with van der Waals surface area (Å²) in [6.07, 6.45) is 9.56. The zero-order valence-electron chi connectivity index (χ0n) is 13.7. The van der Waals surface area contributed by atoms with Crippen LogP contribution < -0.4 is 10.6 Å². The largest absolute Gasteiger partial charge is 0.377 e. The van der Waals surface area contributed by atoms with Gasteiger partial charge < -0.3 is 15.4 Å². The normalized spacial score (nSPS) is 27.1. The Kier molecular flexibility index (Phi) is 7.07. The third kappa shape index (κ3) is 6.08. The first kappa shape index (κ1) is 16.3. The molecule has 2 N–H and O–H groups in total. The summed E-state index contributed by atoms with van der Waals surface area (Å²) >= 11 is 0. The van der Waals surface area contributed by atoms with Crippen molar-refractivity contribution in [3.8, 4) is 0 Å². The topological polar surface area (TPSA) is 45.7 Å². The van der Waals surface area contributed by atoms with Gasteiger partial charge in [-0.25, -0.2) is 0 Å². The molecule has 4 heteroatoms. The number of rotatable bonds is 5. The van der Waals surface area contributed by atoms with Crippen LogP contribution in [0.4, 0.5) is 0 Å². The Hall–Kier alpha value is -1.03. The molecule has 1 saturated carbocycles. The first-order chi connectivity index (χ1) is 10.3. The third-order valence-corrected chi connectivity index (χ3v) is 4.46. The number of nitrogens with one attached hydrogen (secondary N) is 2. The first-order valence-electron chi connectivity index (χ1n) is 8.58. The summed E-state index contributed by atoms with van der Waals surface area (Å²) in [6.45, 7) is 7.92. The van der Waals surface area contributed by atoms with Crippen molar-refractivity contribution in [1.82, 2.24) is 10.6 Å². The van der Waals surface area contributed by atoms with E-state index in [-0.39, 0.29) is 0 Å². The van der Waals surface area contributed by atoms with Crippen molar-refractivity contribution in [1.29, 1.82) is 0 Å². The van der Waals surface area contributed by atoms with E-state index < -0.39 is 0 Å². The number of aliphatic imine (C=N–C) groups is 1. The highest BCUT2D eigenvalue weighted by Crippen LogP contribution is 2.23. The van der Waals surface area contributed by atoms with E-state index in [0.717, 1.165) is 51.0 Å². The molecule has 0 aromatic heterocycles. The van der Waals surface area contributed by atoms with Gasteiger partial charge in [0.15, 0.2) is 5.96 Å². The van der Waals surface area contributed by atoms with Gasteiger partial charge in [0.25, 0.3) is 0 Å². The maximum Gasteiger partial charge on any atom is 0.191 e. The Labute approximate surface area is 129 Å². The van der Waals surface area contributed by atoms with E-state index in [2.05, 4.69) is 30.6 Å². The molecule has 1 aliphatic heterocycles. The molecular weight excluding hydrogens is 262 g/mol. The van der Waals surface area contributed by atoms with Gasteiger partial charge in [0.1, 0.15) is 0 Å². The second kappa shape index (κ2) is 9.08. The molecule has 0 aromatic carbocycles. The predicted molar refractivity (Wildman–Crippen MR) is 88.7 cm³/mol. The van der Waals surface area contributed by atoms with E-state index in [0.29, 0.717) is 6.04 Å². The van der Waals surface area contributed by atoms with Gasteiger partial charge in [0, 0.05) is 19.1 Å². The average molecular weight is 293 g/mol. The summed E-state index contributed by atoms with van der Waals surface area (Å²) in [4.78, 5) is 4.73. The van der Waals surface area contributed by atoms with Gasteiger partial charge in [-0.05, 0) is 51.4 Å². The highest BCUT2D eigenvalue weighted by Gasteiger charge is 2.18. The molecule has 0 radical (unpaired) electrons. The Bertz CT molecular complexity index is 357. The summed E-state index contributed by atoms with van der Waals surface area (Å²) in [5.41, 5.74) is 1.49. The molecule has 120 valence electrons. The van der Waals surface area contributed by atoms with Crippen molar-refractivity contribution < 1.29 is 4.74 Å². The Morgan fingerprint density at radius 1 is 1.33 bits per heavy atom. The molecule has 2 rings (SSSR count). The van der Waals surface area contributed by atoms with Gasteiger partial charge in [-0.15, -0.1) is 0 Å². The van der Waals surface area contributed by atoms with E-state index in [4.69, 9.17) is 9.73 Å². The predicted octanol–water partition coefficient (Wildman–Crippen LogP) is 2.86. The fourth-order valence-electron chi connectivity index (χ4n) is 3.02. The van der Waals surface area contributed by atoms with E-state index in [1.807, 2.05) is 0 Å². The van der Waals surface area contributed by atoms with Gasteiger partial charge in [-0.3, -0.25) is 4.99 Å². The lowest BCUT2D eigenvalue weighted by molar-refractivity contribution is 0.153. The van der Waals surface area contributed by atoms with E-state index in [1.54, 1.807) is 0 Å². The molecule has 4 nitrogen and oxygen atoms in total. The lowest BCUT2D eigenvalue weighted by Gasteiger charge is -2.28. The van der Waals surface area contributed by atoms with Crippen LogP contribution in [0, 0.1) is 5.92 Å². The van der Waals surface area contributed by atoms with Gasteiger partial charge in [0.05, 0.1) is 13.2 Å². The molecule has 0 atom stereocenters. The van der Waals surface area contributed by atoms with Crippen LogP contribution >= 0.6 is 0 Å². The van der Waals surface area contributed by atoms with Crippen LogP contribution in [-0.2, 0) is 4.74 Å². The minimum atomic E-state index is 0.598. The Morgan fingerprint density at radius 3 is 2.81 bits per heavy atom. The second-order valence-corrected chi connectivity index (χ2v) is 6.30. The SMILES string of the molecule is CCNC(=NCCC1=CCOCC1)NC1CCC(C)CC1. The molecule has 0 bridgehead atoms. The van der Waals surface area contributed by atoms with E-state index >= 15 is 0 Å². The molecule has 2 aliphatic rings. The molecule has 0 amide bonds. The number of hydrogen-bond donors (Lipinski definition) is 2. The van der Waals surface area contributed by atoms with Crippen LogP contribution in [0.5, 0.6) is 0 Å². The summed E-state index contributed by atoms with van der Waals surface area (Å²) < 4.78 is 5.34. The van der Waals surface area contributed by atoms with Crippen molar-refractivity contribution in [3.63, 3.8) is 0 Å². The van der Waals surface area contributed by atoms with Crippen molar-refractivity contribution in [2.45, 2.75) is 58.4 Å². The Morgan fingerprint density at radius 2 is 2.14 bits per heavy atom. The molecule has 21 heavy (non-hydrogen) atoms. The standard InChI is InChI=1S/C17H31N3O/c1-3-18-17(20-16-6-4-14(2)5-7-16)19-11-8-15-9-12-21-13-10-15/h9,14,16H,3-8,10-13H2,1-2H3,(H2,18,19,20). The molecule has 1 heterocycles. The maximum atomic E-state index is 5.34. The van der Waals surface area contributed by atoms with E-state index in [1.165, 1.54) is 31.3 Å². The van der Waals surface area contributed by atoms with Crippen LogP contribution in [-0.4, -0.2) is 38.3 Å². The second-order valence-electron chi connectivity index (χ2n) is 6.30. The zero-order chi connectivity index (χ0) is 14.9. The van der Waals surface area contributed by atoms with Crippen molar-refractivity contribution >= 4 is 5.96 Å². The van der Waals surface area contributed by atoms with Crippen LogP contribution in [0.1, 0.15) is 52.4 Å². The number of guanidine groups is 1.